The van der Waals surface area contributed by atoms with Gasteiger partial charge in [-0.05, 0) is 26.7 Å². The van der Waals surface area contributed by atoms with Crippen molar-refractivity contribution in [3.8, 4) is 0 Å². The van der Waals surface area contributed by atoms with Crippen molar-refractivity contribution in [3.05, 3.63) is 17.7 Å². The summed E-state index contributed by atoms with van der Waals surface area (Å²) in [4.78, 5) is 19.9. The zero-order chi connectivity index (χ0) is 13.4. The van der Waals surface area contributed by atoms with Gasteiger partial charge in [0.15, 0.2) is 17.0 Å². The fourth-order valence-corrected chi connectivity index (χ4v) is 2.37. The fraction of sp³-hybridized carbons (Fsp3) is 0.538. The van der Waals surface area contributed by atoms with Gasteiger partial charge in [-0.2, -0.15) is 0 Å². The van der Waals surface area contributed by atoms with E-state index in [1.54, 1.807) is 6.33 Å². The molecule has 2 aromatic heterocycles. The van der Waals surface area contributed by atoms with Gasteiger partial charge >= 0.3 is 0 Å². The highest BCUT2D eigenvalue weighted by molar-refractivity contribution is 5.82. The minimum absolute atomic E-state index is 0.305. The Hall–Kier alpha value is -1.82. The number of hydrogen-bond acceptors (Lipinski definition) is 6. The lowest BCUT2D eigenvalue weighted by atomic mass is 10.1. The molecule has 0 aromatic carbocycles. The third kappa shape index (κ3) is 2.23. The van der Waals surface area contributed by atoms with E-state index >= 15 is 0 Å². The maximum Gasteiger partial charge on any atom is 0.183 e. The highest BCUT2D eigenvalue weighted by atomic mass is 15.2. The standard InChI is InChI=1S/C13H18N6/c1-8-9(2)18-12-11(17-8)13(16-7-15-12)19-5-3-10(14)4-6-19/h7,10H,3-6,14H2,1-2H3. The Labute approximate surface area is 112 Å². The lowest BCUT2D eigenvalue weighted by molar-refractivity contribution is 0.499. The monoisotopic (exact) mass is 258 g/mol. The van der Waals surface area contributed by atoms with Crippen LogP contribution >= 0.6 is 0 Å². The summed E-state index contributed by atoms with van der Waals surface area (Å²) in [6.45, 7) is 5.75. The molecule has 0 spiro atoms. The van der Waals surface area contributed by atoms with Crippen LogP contribution in [0.1, 0.15) is 24.2 Å². The molecular weight excluding hydrogens is 240 g/mol. The highest BCUT2D eigenvalue weighted by Gasteiger charge is 2.20. The van der Waals surface area contributed by atoms with Crippen molar-refractivity contribution in [1.29, 1.82) is 0 Å². The third-order valence-electron chi connectivity index (χ3n) is 3.70. The summed E-state index contributed by atoms with van der Waals surface area (Å²) in [5.74, 6) is 0.882. The first-order valence-electron chi connectivity index (χ1n) is 6.61. The minimum atomic E-state index is 0.305. The summed E-state index contributed by atoms with van der Waals surface area (Å²) in [6.07, 6.45) is 3.54. The Balaban J connectivity index is 2.06. The smallest absolute Gasteiger partial charge is 0.183 e. The van der Waals surface area contributed by atoms with E-state index in [1.165, 1.54) is 0 Å². The minimum Gasteiger partial charge on any atom is -0.355 e. The summed E-state index contributed by atoms with van der Waals surface area (Å²) in [5.41, 5.74) is 9.25. The molecule has 0 bridgehead atoms. The first kappa shape index (κ1) is 12.2. The van der Waals surface area contributed by atoms with Crippen LogP contribution in [0.2, 0.25) is 0 Å². The maximum atomic E-state index is 5.94. The van der Waals surface area contributed by atoms with E-state index in [1.807, 2.05) is 13.8 Å². The number of nitrogens with zero attached hydrogens (tertiary/aromatic N) is 5. The average molecular weight is 258 g/mol. The average Bonchev–Trinajstić information content (AvgIpc) is 2.41. The summed E-state index contributed by atoms with van der Waals surface area (Å²) in [5, 5.41) is 0. The summed E-state index contributed by atoms with van der Waals surface area (Å²) < 4.78 is 0. The topological polar surface area (TPSA) is 80.8 Å². The van der Waals surface area contributed by atoms with E-state index in [2.05, 4.69) is 24.8 Å². The Bertz CT molecular complexity index is 603. The number of aromatic nitrogens is 4. The van der Waals surface area contributed by atoms with E-state index in [-0.39, 0.29) is 0 Å². The van der Waals surface area contributed by atoms with Crippen LogP contribution < -0.4 is 10.6 Å². The third-order valence-corrected chi connectivity index (χ3v) is 3.70. The maximum absolute atomic E-state index is 5.94. The van der Waals surface area contributed by atoms with E-state index < -0.39 is 0 Å². The summed E-state index contributed by atoms with van der Waals surface area (Å²) in [6, 6.07) is 0.305. The van der Waals surface area contributed by atoms with Crippen molar-refractivity contribution in [3.63, 3.8) is 0 Å². The van der Waals surface area contributed by atoms with Gasteiger partial charge in [0.2, 0.25) is 0 Å². The number of nitrogens with two attached hydrogens (primary N) is 1. The molecule has 1 saturated heterocycles. The quantitative estimate of drug-likeness (QED) is 0.820. The Kier molecular flexibility index (Phi) is 3.02. The summed E-state index contributed by atoms with van der Waals surface area (Å²) >= 11 is 0. The molecule has 3 heterocycles. The van der Waals surface area contributed by atoms with Crippen LogP contribution in [-0.2, 0) is 0 Å². The molecule has 1 aliphatic heterocycles. The molecule has 3 rings (SSSR count). The van der Waals surface area contributed by atoms with Crippen LogP contribution in [0.4, 0.5) is 5.82 Å². The first-order valence-corrected chi connectivity index (χ1v) is 6.61. The van der Waals surface area contributed by atoms with Crippen molar-refractivity contribution >= 4 is 17.0 Å². The van der Waals surface area contributed by atoms with Crippen molar-refractivity contribution in [2.45, 2.75) is 32.7 Å². The molecule has 0 saturated carbocycles. The molecule has 0 atom stereocenters. The van der Waals surface area contributed by atoms with E-state index in [0.717, 1.165) is 48.7 Å². The second-order valence-corrected chi connectivity index (χ2v) is 5.09. The predicted octanol–water partition coefficient (Wildman–Crippen LogP) is 0.964. The van der Waals surface area contributed by atoms with E-state index in [9.17, 15) is 0 Å². The lowest BCUT2D eigenvalue weighted by Crippen LogP contribution is -2.40. The molecule has 2 N–H and O–H groups in total. The van der Waals surface area contributed by atoms with Crippen molar-refractivity contribution in [2.24, 2.45) is 5.73 Å². The number of piperidine rings is 1. The van der Waals surface area contributed by atoms with Gasteiger partial charge in [-0.1, -0.05) is 0 Å². The number of hydrogen-bond donors (Lipinski definition) is 1. The Morgan fingerprint density at radius 2 is 1.79 bits per heavy atom. The van der Waals surface area contributed by atoms with Gasteiger partial charge in [-0.15, -0.1) is 0 Å². The largest absolute Gasteiger partial charge is 0.355 e. The molecule has 0 aliphatic carbocycles. The molecule has 0 amide bonds. The molecule has 2 aromatic rings. The fourth-order valence-electron chi connectivity index (χ4n) is 2.37. The van der Waals surface area contributed by atoms with Gasteiger partial charge in [0.1, 0.15) is 6.33 Å². The van der Waals surface area contributed by atoms with Crippen LogP contribution in [-0.4, -0.2) is 39.1 Å². The van der Waals surface area contributed by atoms with Crippen molar-refractivity contribution in [1.82, 2.24) is 19.9 Å². The zero-order valence-electron chi connectivity index (χ0n) is 11.3. The Morgan fingerprint density at radius 1 is 1.11 bits per heavy atom. The molecule has 0 unspecified atom stereocenters. The van der Waals surface area contributed by atoms with Gasteiger partial charge in [0.25, 0.3) is 0 Å². The Morgan fingerprint density at radius 3 is 2.53 bits per heavy atom. The van der Waals surface area contributed by atoms with Gasteiger partial charge in [-0.3, -0.25) is 0 Å². The number of fused-ring (bicyclic) bond motifs is 1. The molecule has 100 valence electrons. The zero-order valence-corrected chi connectivity index (χ0v) is 11.3. The van der Waals surface area contributed by atoms with Crippen LogP contribution in [0.3, 0.4) is 0 Å². The molecule has 19 heavy (non-hydrogen) atoms. The van der Waals surface area contributed by atoms with Crippen molar-refractivity contribution in [2.75, 3.05) is 18.0 Å². The number of anilines is 1. The molecule has 6 nitrogen and oxygen atoms in total. The first-order chi connectivity index (χ1) is 9.15. The second-order valence-electron chi connectivity index (χ2n) is 5.09. The van der Waals surface area contributed by atoms with Crippen LogP contribution in [0, 0.1) is 13.8 Å². The summed E-state index contributed by atoms with van der Waals surface area (Å²) in [7, 11) is 0. The van der Waals surface area contributed by atoms with Crippen LogP contribution in [0.25, 0.3) is 11.2 Å². The second kappa shape index (κ2) is 4.70. The van der Waals surface area contributed by atoms with Crippen molar-refractivity contribution < 1.29 is 0 Å². The number of rotatable bonds is 1. The SMILES string of the molecule is Cc1nc2ncnc(N3CCC(N)CC3)c2nc1C. The molecule has 1 fully saturated rings. The van der Waals surface area contributed by atoms with Gasteiger partial charge in [0.05, 0.1) is 11.4 Å². The van der Waals surface area contributed by atoms with E-state index in [0.29, 0.717) is 11.7 Å². The molecule has 0 radical (unpaired) electrons. The normalized spacial score (nSPS) is 17.1. The lowest BCUT2D eigenvalue weighted by Gasteiger charge is -2.31. The molecule has 6 heteroatoms. The van der Waals surface area contributed by atoms with Crippen LogP contribution in [0.5, 0.6) is 0 Å². The molecular formula is C13H18N6. The highest BCUT2D eigenvalue weighted by Crippen LogP contribution is 2.23. The molecule has 1 aliphatic rings. The van der Waals surface area contributed by atoms with Gasteiger partial charge < -0.3 is 10.6 Å². The van der Waals surface area contributed by atoms with E-state index in [4.69, 9.17) is 5.73 Å². The number of aryl methyl sites for hydroxylation is 2. The van der Waals surface area contributed by atoms with Gasteiger partial charge in [0, 0.05) is 19.1 Å². The predicted molar refractivity (Wildman–Crippen MR) is 74.0 cm³/mol. The van der Waals surface area contributed by atoms with Gasteiger partial charge in [-0.25, -0.2) is 19.9 Å². The van der Waals surface area contributed by atoms with Crippen LogP contribution in [0.15, 0.2) is 6.33 Å².